The highest BCUT2D eigenvalue weighted by Crippen LogP contribution is 2.63. The summed E-state index contributed by atoms with van der Waals surface area (Å²) in [5.41, 5.74) is 2.30. The maximum atomic E-state index is 12.2. The van der Waals surface area contributed by atoms with Gasteiger partial charge in [-0.2, -0.15) is 0 Å². The first-order chi connectivity index (χ1) is 12.7. The molecule has 0 aromatic carbocycles. The van der Waals surface area contributed by atoms with E-state index in [1.807, 2.05) is 0 Å². The zero-order valence-corrected chi connectivity index (χ0v) is 16.8. The number of rotatable bonds is 2. The molecule has 7 atom stereocenters. The highest BCUT2D eigenvalue weighted by atomic mass is 16.5. The van der Waals surface area contributed by atoms with E-state index in [0.717, 1.165) is 36.8 Å². The molecule has 2 saturated carbocycles. The Kier molecular flexibility index (Phi) is 4.44. The number of Topliss-reactive ketones (excluding diaryl/α,β-unsaturated/α-hetero) is 1. The van der Waals surface area contributed by atoms with Gasteiger partial charge in [-0.3, -0.25) is 14.4 Å². The number of fused-ring (bicyclic) bond motifs is 5. The summed E-state index contributed by atoms with van der Waals surface area (Å²) in [4.78, 5) is 36.2. The topological polar surface area (TPSA) is 60.4 Å². The third-order valence-corrected chi connectivity index (χ3v) is 8.03. The molecule has 0 bridgehead atoms. The van der Waals surface area contributed by atoms with Gasteiger partial charge >= 0.3 is 5.97 Å². The van der Waals surface area contributed by atoms with E-state index in [-0.39, 0.29) is 35.1 Å². The Morgan fingerprint density at radius 1 is 1.19 bits per heavy atom. The van der Waals surface area contributed by atoms with Crippen molar-refractivity contribution in [1.29, 1.82) is 0 Å². The Bertz CT molecular complexity index is 760. The van der Waals surface area contributed by atoms with Gasteiger partial charge in [0.2, 0.25) is 0 Å². The summed E-state index contributed by atoms with van der Waals surface area (Å²) in [5.74, 6) is 1.65. The molecular formula is C23H30O4. The largest absolute Gasteiger partial charge is 0.461 e. The molecule has 2 fully saturated rings. The highest BCUT2D eigenvalue weighted by Gasteiger charge is 2.58. The first kappa shape index (κ1) is 18.6. The van der Waals surface area contributed by atoms with Crippen LogP contribution in [0.4, 0.5) is 0 Å². The van der Waals surface area contributed by atoms with E-state index in [4.69, 9.17) is 4.74 Å². The number of carbonyl (C=O) groups is 3. The van der Waals surface area contributed by atoms with Crippen molar-refractivity contribution in [2.75, 3.05) is 0 Å². The van der Waals surface area contributed by atoms with Crippen LogP contribution < -0.4 is 0 Å². The molecule has 1 unspecified atom stereocenters. The van der Waals surface area contributed by atoms with E-state index in [1.165, 1.54) is 6.92 Å². The van der Waals surface area contributed by atoms with E-state index in [0.29, 0.717) is 30.0 Å². The standard InChI is InChI=1S/C23H30O4/c1-12-9-18-16(7-8-23(4)19(13(2)24)5-6-20(18)23)22-17(12)10-15(26)11-21(22)27-14(3)25/h9-10,16,18-22H,5-8,11H2,1-4H3/t16-,18+,19+,20-,21?,22-,23+/m0/s1. The van der Waals surface area contributed by atoms with Gasteiger partial charge < -0.3 is 4.74 Å². The molecule has 0 aromatic rings. The Morgan fingerprint density at radius 2 is 1.93 bits per heavy atom. The molecule has 4 rings (SSSR count). The normalized spacial score (nSPS) is 43.0. The second-order valence-corrected chi connectivity index (χ2v) is 9.43. The van der Waals surface area contributed by atoms with Crippen LogP contribution in [0.1, 0.15) is 59.8 Å². The average molecular weight is 370 g/mol. The highest BCUT2D eigenvalue weighted by molar-refractivity contribution is 5.93. The van der Waals surface area contributed by atoms with E-state index >= 15 is 0 Å². The molecule has 146 valence electrons. The monoisotopic (exact) mass is 370 g/mol. The van der Waals surface area contributed by atoms with Crippen LogP contribution in [-0.2, 0) is 19.1 Å². The first-order valence-corrected chi connectivity index (χ1v) is 10.3. The summed E-state index contributed by atoms with van der Waals surface area (Å²) in [5, 5.41) is 0. The van der Waals surface area contributed by atoms with Crippen LogP contribution in [0, 0.1) is 35.0 Å². The van der Waals surface area contributed by atoms with Crippen molar-refractivity contribution in [1.82, 2.24) is 0 Å². The van der Waals surface area contributed by atoms with Crippen LogP contribution in [0.2, 0.25) is 0 Å². The minimum Gasteiger partial charge on any atom is -0.461 e. The molecule has 0 heterocycles. The number of carbonyl (C=O) groups excluding carboxylic acids is 3. The molecule has 0 aliphatic heterocycles. The van der Waals surface area contributed by atoms with Crippen molar-refractivity contribution in [3.8, 4) is 0 Å². The lowest BCUT2D eigenvalue weighted by atomic mass is 9.51. The average Bonchev–Trinajstić information content (AvgIpc) is 2.92. The Morgan fingerprint density at radius 3 is 2.59 bits per heavy atom. The molecule has 4 aliphatic rings. The zero-order valence-electron chi connectivity index (χ0n) is 16.8. The Labute approximate surface area is 161 Å². The van der Waals surface area contributed by atoms with Crippen molar-refractivity contribution in [2.45, 2.75) is 65.9 Å². The number of ether oxygens (including phenoxy) is 1. The van der Waals surface area contributed by atoms with Crippen LogP contribution in [0.25, 0.3) is 0 Å². The van der Waals surface area contributed by atoms with Gasteiger partial charge in [0.15, 0.2) is 5.78 Å². The summed E-state index contributed by atoms with van der Waals surface area (Å²) in [6, 6.07) is 0. The maximum absolute atomic E-state index is 12.2. The van der Waals surface area contributed by atoms with Crippen LogP contribution in [-0.4, -0.2) is 23.6 Å². The zero-order chi connectivity index (χ0) is 19.5. The fraction of sp³-hybridized carbons (Fsp3) is 0.696. The van der Waals surface area contributed by atoms with E-state index in [1.54, 1.807) is 13.0 Å². The Hall–Kier alpha value is -1.71. The third-order valence-electron chi connectivity index (χ3n) is 8.03. The van der Waals surface area contributed by atoms with Gasteiger partial charge in [-0.05, 0) is 74.3 Å². The van der Waals surface area contributed by atoms with Crippen molar-refractivity contribution in [2.24, 2.45) is 35.0 Å². The van der Waals surface area contributed by atoms with Gasteiger partial charge in [0, 0.05) is 25.2 Å². The summed E-state index contributed by atoms with van der Waals surface area (Å²) in [7, 11) is 0. The smallest absolute Gasteiger partial charge is 0.302 e. The molecule has 4 nitrogen and oxygen atoms in total. The van der Waals surface area contributed by atoms with Gasteiger partial charge in [0.1, 0.15) is 11.9 Å². The van der Waals surface area contributed by atoms with Crippen LogP contribution in [0.15, 0.2) is 23.3 Å². The molecule has 0 aromatic heterocycles. The summed E-state index contributed by atoms with van der Waals surface area (Å²) in [6.45, 7) is 7.58. The van der Waals surface area contributed by atoms with Gasteiger partial charge in [-0.1, -0.05) is 18.6 Å². The third kappa shape index (κ3) is 2.83. The second-order valence-electron chi connectivity index (χ2n) is 9.43. The van der Waals surface area contributed by atoms with Crippen LogP contribution >= 0.6 is 0 Å². The van der Waals surface area contributed by atoms with Crippen LogP contribution in [0.3, 0.4) is 0 Å². The number of allylic oxidation sites excluding steroid dienone is 3. The van der Waals surface area contributed by atoms with Crippen molar-refractivity contribution < 1.29 is 19.1 Å². The summed E-state index contributed by atoms with van der Waals surface area (Å²) >= 11 is 0. The van der Waals surface area contributed by atoms with Gasteiger partial charge in [0.25, 0.3) is 0 Å². The quantitative estimate of drug-likeness (QED) is 0.688. The lowest BCUT2D eigenvalue weighted by molar-refractivity contribution is -0.153. The molecule has 27 heavy (non-hydrogen) atoms. The molecule has 4 aliphatic carbocycles. The van der Waals surface area contributed by atoms with Gasteiger partial charge in [-0.15, -0.1) is 0 Å². The van der Waals surface area contributed by atoms with E-state index in [9.17, 15) is 14.4 Å². The second kappa shape index (κ2) is 6.42. The minimum atomic E-state index is -0.347. The SMILES string of the molecule is CC(=O)OC1CC(=O)C=C2C(C)=C[C@@H]3[C@H](CC[C@]4(C)[C@@H](C(C)=O)CC[C@@H]34)[C@@H]21. The van der Waals surface area contributed by atoms with Crippen molar-refractivity contribution in [3.05, 3.63) is 23.3 Å². The predicted molar refractivity (Wildman–Crippen MR) is 102 cm³/mol. The molecule has 0 N–H and O–H groups in total. The van der Waals surface area contributed by atoms with E-state index in [2.05, 4.69) is 19.9 Å². The first-order valence-electron chi connectivity index (χ1n) is 10.3. The van der Waals surface area contributed by atoms with Crippen molar-refractivity contribution in [3.63, 3.8) is 0 Å². The fourth-order valence-electron chi connectivity index (χ4n) is 7.00. The fourth-order valence-corrected chi connectivity index (χ4v) is 7.00. The summed E-state index contributed by atoms with van der Waals surface area (Å²) in [6.07, 6.45) is 8.25. The molecular weight excluding hydrogens is 340 g/mol. The Balaban J connectivity index is 1.73. The molecule has 4 heteroatoms. The van der Waals surface area contributed by atoms with Crippen LogP contribution in [0.5, 0.6) is 0 Å². The van der Waals surface area contributed by atoms with Crippen molar-refractivity contribution >= 4 is 17.5 Å². The lowest BCUT2D eigenvalue weighted by Gasteiger charge is -2.53. The lowest BCUT2D eigenvalue weighted by Crippen LogP contribution is -2.50. The minimum absolute atomic E-state index is 0.0526. The predicted octanol–water partition coefficient (Wildman–Crippen LogP) is 4.04. The molecule has 0 spiro atoms. The number of hydrogen-bond acceptors (Lipinski definition) is 4. The molecule has 0 amide bonds. The maximum Gasteiger partial charge on any atom is 0.302 e. The number of ketones is 2. The van der Waals surface area contributed by atoms with Gasteiger partial charge in [0.05, 0.1) is 0 Å². The van der Waals surface area contributed by atoms with Gasteiger partial charge in [-0.25, -0.2) is 0 Å². The number of hydrogen-bond donors (Lipinski definition) is 0. The molecule has 0 radical (unpaired) electrons. The molecule has 0 saturated heterocycles. The summed E-state index contributed by atoms with van der Waals surface area (Å²) < 4.78 is 5.64. The number of esters is 1. The van der Waals surface area contributed by atoms with E-state index < -0.39 is 0 Å².